The molecule has 100 valence electrons. The van der Waals surface area contributed by atoms with Crippen molar-refractivity contribution in [3.63, 3.8) is 0 Å². The fourth-order valence-corrected chi connectivity index (χ4v) is 4.40. The Morgan fingerprint density at radius 2 is 1.94 bits per heavy atom. The van der Waals surface area contributed by atoms with E-state index in [1.165, 1.54) is 24.2 Å². The summed E-state index contributed by atoms with van der Waals surface area (Å²) in [5.41, 5.74) is 0.470. The second-order valence-electron chi connectivity index (χ2n) is 5.91. The molecule has 1 N–H and O–H groups in total. The minimum absolute atomic E-state index is 0.470. The minimum atomic E-state index is 0.470. The van der Waals surface area contributed by atoms with Crippen molar-refractivity contribution >= 4 is 23.4 Å². The lowest BCUT2D eigenvalue weighted by atomic mass is 9.75. The van der Waals surface area contributed by atoms with Crippen LogP contribution in [0.15, 0.2) is 29.2 Å². The maximum Gasteiger partial charge on any atom is 0.0406 e. The van der Waals surface area contributed by atoms with Gasteiger partial charge in [0.05, 0.1) is 0 Å². The van der Waals surface area contributed by atoms with Gasteiger partial charge in [0.2, 0.25) is 0 Å². The Morgan fingerprint density at radius 1 is 1.28 bits per heavy atom. The number of thioether (sulfide) groups is 1. The molecule has 0 bridgehead atoms. The van der Waals surface area contributed by atoms with Gasteiger partial charge in [0.25, 0.3) is 0 Å². The molecular weight excluding hydrogens is 262 g/mol. The van der Waals surface area contributed by atoms with Crippen LogP contribution in [0.3, 0.4) is 0 Å². The molecule has 18 heavy (non-hydrogen) atoms. The van der Waals surface area contributed by atoms with E-state index in [4.69, 9.17) is 11.6 Å². The van der Waals surface area contributed by atoms with Gasteiger partial charge >= 0.3 is 0 Å². The van der Waals surface area contributed by atoms with Crippen molar-refractivity contribution in [2.24, 2.45) is 5.41 Å². The van der Waals surface area contributed by atoms with Crippen LogP contribution in [0.5, 0.6) is 0 Å². The SMILES string of the molecule is CNC1CCC(C)(C)CC1Sc1ccc(Cl)cc1. The van der Waals surface area contributed by atoms with Crippen molar-refractivity contribution in [1.29, 1.82) is 0 Å². The van der Waals surface area contributed by atoms with Crippen LogP contribution in [0, 0.1) is 5.41 Å². The van der Waals surface area contributed by atoms with Gasteiger partial charge in [-0.05, 0) is 56.0 Å². The summed E-state index contributed by atoms with van der Waals surface area (Å²) in [4.78, 5) is 1.32. The van der Waals surface area contributed by atoms with Crippen LogP contribution in [0.2, 0.25) is 5.02 Å². The van der Waals surface area contributed by atoms with Crippen LogP contribution >= 0.6 is 23.4 Å². The van der Waals surface area contributed by atoms with Crippen molar-refractivity contribution in [2.75, 3.05) is 7.05 Å². The highest BCUT2D eigenvalue weighted by Gasteiger charge is 2.34. The van der Waals surface area contributed by atoms with E-state index in [0.717, 1.165) is 5.02 Å². The molecule has 0 amide bonds. The highest BCUT2D eigenvalue weighted by Crippen LogP contribution is 2.42. The first-order valence-corrected chi connectivity index (χ1v) is 7.85. The molecule has 0 heterocycles. The van der Waals surface area contributed by atoms with E-state index in [-0.39, 0.29) is 0 Å². The first-order valence-electron chi connectivity index (χ1n) is 6.60. The summed E-state index contributed by atoms with van der Waals surface area (Å²) in [5, 5.41) is 4.94. The standard InChI is InChI=1S/C15H22ClNS/c1-15(2)9-8-13(17-3)14(10-15)18-12-6-4-11(16)5-7-12/h4-7,13-14,17H,8-10H2,1-3H3. The van der Waals surface area contributed by atoms with Gasteiger partial charge in [0.1, 0.15) is 0 Å². The van der Waals surface area contributed by atoms with Crippen LogP contribution in [-0.4, -0.2) is 18.3 Å². The summed E-state index contributed by atoms with van der Waals surface area (Å²) in [6, 6.07) is 8.83. The zero-order valence-electron chi connectivity index (χ0n) is 11.4. The first-order chi connectivity index (χ1) is 8.50. The van der Waals surface area contributed by atoms with Crippen LogP contribution in [-0.2, 0) is 0 Å². The zero-order chi connectivity index (χ0) is 13.2. The molecule has 1 aromatic rings. The molecular formula is C15H22ClNS. The third-order valence-electron chi connectivity index (χ3n) is 3.81. The Bertz CT molecular complexity index is 388. The average Bonchev–Trinajstić information content (AvgIpc) is 2.31. The molecule has 1 aliphatic carbocycles. The second kappa shape index (κ2) is 5.85. The van der Waals surface area contributed by atoms with Crippen LogP contribution in [0.4, 0.5) is 0 Å². The lowest BCUT2D eigenvalue weighted by Gasteiger charge is -2.40. The van der Waals surface area contributed by atoms with Gasteiger partial charge in [0, 0.05) is 21.2 Å². The molecule has 1 aliphatic rings. The lowest BCUT2D eigenvalue weighted by Crippen LogP contribution is -2.43. The van der Waals surface area contributed by atoms with Crippen molar-refractivity contribution in [1.82, 2.24) is 5.32 Å². The van der Waals surface area contributed by atoms with Crippen molar-refractivity contribution < 1.29 is 0 Å². The highest BCUT2D eigenvalue weighted by atomic mass is 35.5. The van der Waals surface area contributed by atoms with Gasteiger partial charge < -0.3 is 5.32 Å². The van der Waals surface area contributed by atoms with E-state index in [0.29, 0.717) is 16.7 Å². The molecule has 2 atom stereocenters. The van der Waals surface area contributed by atoms with Gasteiger partial charge in [-0.25, -0.2) is 0 Å². The maximum absolute atomic E-state index is 5.93. The van der Waals surface area contributed by atoms with Gasteiger partial charge in [-0.15, -0.1) is 11.8 Å². The summed E-state index contributed by atoms with van der Waals surface area (Å²) in [6.07, 6.45) is 3.86. The van der Waals surface area contributed by atoms with E-state index in [1.807, 2.05) is 23.9 Å². The zero-order valence-corrected chi connectivity index (χ0v) is 12.9. The Labute approximate surface area is 120 Å². The predicted octanol–water partition coefficient (Wildman–Crippen LogP) is 4.60. The topological polar surface area (TPSA) is 12.0 Å². The molecule has 1 saturated carbocycles. The molecule has 0 saturated heterocycles. The molecule has 2 rings (SSSR count). The van der Waals surface area contributed by atoms with Gasteiger partial charge in [-0.2, -0.15) is 0 Å². The van der Waals surface area contributed by atoms with Gasteiger partial charge in [-0.3, -0.25) is 0 Å². The molecule has 0 spiro atoms. The Hall–Kier alpha value is -0.180. The van der Waals surface area contributed by atoms with Gasteiger partial charge in [0.15, 0.2) is 0 Å². The van der Waals surface area contributed by atoms with E-state index < -0.39 is 0 Å². The summed E-state index contributed by atoms with van der Waals surface area (Å²) >= 11 is 7.92. The third-order valence-corrected chi connectivity index (χ3v) is 5.40. The van der Waals surface area contributed by atoms with Crippen LogP contribution < -0.4 is 5.32 Å². The first kappa shape index (κ1) is 14.2. The number of benzene rings is 1. The highest BCUT2D eigenvalue weighted by molar-refractivity contribution is 8.00. The quantitative estimate of drug-likeness (QED) is 0.870. The number of hydrogen-bond acceptors (Lipinski definition) is 2. The molecule has 0 aliphatic heterocycles. The number of rotatable bonds is 3. The van der Waals surface area contributed by atoms with Crippen LogP contribution in [0.25, 0.3) is 0 Å². The summed E-state index contributed by atoms with van der Waals surface area (Å²) in [6.45, 7) is 4.77. The second-order valence-corrected chi connectivity index (χ2v) is 7.66. The van der Waals surface area contributed by atoms with Crippen LogP contribution in [0.1, 0.15) is 33.1 Å². The largest absolute Gasteiger partial charge is 0.316 e. The molecule has 2 unspecified atom stereocenters. The minimum Gasteiger partial charge on any atom is -0.316 e. The summed E-state index contributed by atoms with van der Waals surface area (Å²) in [5.74, 6) is 0. The number of nitrogens with one attached hydrogen (secondary N) is 1. The van der Waals surface area contributed by atoms with E-state index in [9.17, 15) is 0 Å². The fourth-order valence-electron chi connectivity index (χ4n) is 2.66. The predicted molar refractivity (Wildman–Crippen MR) is 81.6 cm³/mol. The fraction of sp³-hybridized carbons (Fsp3) is 0.600. The van der Waals surface area contributed by atoms with Crippen molar-refractivity contribution in [3.05, 3.63) is 29.3 Å². The molecule has 0 aromatic heterocycles. The molecule has 1 fully saturated rings. The lowest BCUT2D eigenvalue weighted by molar-refractivity contribution is 0.218. The number of hydrogen-bond donors (Lipinski definition) is 1. The van der Waals surface area contributed by atoms with E-state index in [1.54, 1.807) is 0 Å². The van der Waals surface area contributed by atoms with E-state index >= 15 is 0 Å². The molecule has 1 nitrogen and oxygen atoms in total. The Morgan fingerprint density at radius 3 is 2.56 bits per heavy atom. The van der Waals surface area contributed by atoms with Gasteiger partial charge in [-0.1, -0.05) is 25.4 Å². The maximum atomic E-state index is 5.93. The Kier molecular flexibility index (Phi) is 4.63. The smallest absolute Gasteiger partial charge is 0.0406 e. The third kappa shape index (κ3) is 3.66. The van der Waals surface area contributed by atoms with Crippen molar-refractivity contribution in [2.45, 2.75) is 49.3 Å². The number of halogens is 1. The average molecular weight is 284 g/mol. The molecule has 0 radical (unpaired) electrons. The normalized spacial score (nSPS) is 27.1. The summed E-state index contributed by atoms with van der Waals surface area (Å²) < 4.78 is 0. The summed E-state index contributed by atoms with van der Waals surface area (Å²) in [7, 11) is 2.08. The molecule has 1 aromatic carbocycles. The van der Waals surface area contributed by atoms with Crippen molar-refractivity contribution in [3.8, 4) is 0 Å². The van der Waals surface area contributed by atoms with E-state index in [2.05, 4.69) is 38.3 Å². The monoisotopic (exact) mass is 283 g/mol. The Balaban J connectivity index is 2.07. The molecule has 3 heteroatoms.